The van der Waals surface area contributed by atoms with Gasteiger partial charge in [-0.05, 0) is 93.1 Å². The second-order valence-corrected chi connectivity index (χ2v) is 16.1. The lowest BCUT2D eigenvalue weighted by Crippen LogP contribution is -2.54. The topological polar surface area (TPSA) is 204 Å². The molecule has 16 nitrogen and oxygen atoms in total. The molecule has 312 valence electrons. The molecule has 5 aromatic rings. The maximum atomic E-state index is 13.3. The molecular formula is C44H50N10O6. The first-order valence-corrected chi connectivity index (χ1v) is 20.9. The molecule has 0 saturated carbocycles. The summed E-state index contributed by atoms with van der Waals surface area (Å²) in [7, 11) is 1.87. The molecule has 6 amide bonds. The van der Waals surface area contributed by atoms with Gasteiger partial charge in [0, 0.05) is 61.8 Å². The van der Waals surface area contributed by atoms with Crippen molar-refractivity contribution in [2.75, 3.05) is 36.8 Å². The molecule has 3 aliphatic heterocycles. The number of anilines is 2. The van der Waals surface area contributed by atoms with Gasteiger partial charge in [-0.15, -0.1) is 0 Å². The van der Waals surface area contributed by atoms with Crippen molar-refractivity contribution in [1.29, 1.82) is 0 Å². The molecule has 2 saturated heterocycles. The highest BCUT2D eigenvalue weighted by Crippen LogP contribution is 2.32. The Morgan fingerprint density at radius 3 is 2.63 bits per heavy atom. The Kier molecular flexibility index (Phi) is 12.0. The van der Waals surface area contributed by atoms with Gasteiger partial charge in [0.15, 0.2) is 0 Å². The van der Waals surface area contributed by atoms with E-state index in [0.29, 0.717) is 48.9 Å². The van der Waals surface area contributed by atoms with Crippen molar-refractivity contribution in [2.45, 2.75) is 76.8 Å². The molecule has 0 radical (unpaired) electrons. The van der Waals surface area contributed by atoms with E-state index in [0.717, 1.165) is 90.7 Å². The summed E-state index contributed by atoms with van der Waals surface area (Å²) in [5.41, 5.74) is 5.03. The van der Waals surface area contributed by atoms with Crippen molar-refractivity contribution in [3.8, 4) is 0 Å². The van der Waals surface area contributed by atoms with Gasteiger partial charge in [-0.2, -0.15) is 5.10 Å². The summed E-state index contributed by atoms with van der Waals surface area (Å²) in [6, 6.07) is 15.3. The summed E-state index contributed by atoms with van der Waals surface area (Å²) < 4.78 is 1.78. The molecule has 5 heterocycles. The van der Waals surface area contributed by atoms with Gasteiger partial charge in [-0.3, -0.25) is 48.6 Å². The Balaban J connectivity index is 0.686. The lowest BCUT2D eigenvalue weighted by molar-refractivity contribution is -0.136. The van der Waals surface area contributed by atoms with Gasteiger partial charge in [-0.1, -0.05) is 25.3 Å². The quantitative estimate of drug-likeness (QED) is 0.0636. The number of rotatable bonds is 17. The third kappa shape index (κ3) is 8.93. The lowest BCUT2D eigenvalue weighted by Gasteiger charge is -2.27. The number of likely N-dealkylation sites (tertiary alicyclic amines) is 1. The monoisotopic (exact) mass is 814 g/mol. The molecular weight excluding hydrogens is 765 g/mol. The number of nitrogens with one attached hydrogen (secondary N) is 5. The fraction of sp³-hybridized carbons (Fsp3) is 0.409. The molecule has 0 aliphatic carbocycles. The van der Waals surface area contributed by atoms with Crippen molar-refractivity contribution in [3.05, 3.63) is 83.3 Å². The van der Waals surface area contributed by atoms with Crippen LogP contribution < -0.4 is 21.3 Å². The molecule has 2 fully saturated rings. The second-order valence-electron chi connectivity index (χ2n) is 16.1. The van der Waals surface area contributed by atoms with E-state index in [4.69, 9.17) is 4.98 Å². The molecule has 2 unspecified atom stereocenters. The van der Waals surface area contributed by atoms with E-state index in [9.17, 15) is 28.8 Å². The largest absolute Gasteiger partial charge is 0.384 e. The minimum atomic E-state index is -0.993. The number of aromatic nitrogens is 4. The zero-order valence-corrected chi connectivity index (χ0v) is 33.7. The summed E-state index contributed by atoms with van der Waals surface area (Å²) in [5.74, 6) is -0.774. The number of hydrogen-bond donors (Lipinski definition) is 5. The third-order valence-corrected chi connectivity index (χ3v) is 11.8. The SMILES string of the molecule is Cn1ncc2cc(C(=O)Nc3ccc4nc(CN5CCC(CCNC(=O)CCCCCCCNc6cccc7c6C(=O)N(C6CCC(=O)NC6=O)C7=O)C5)[nH]c4c3)ccc21. The van der Waals surface area contributed by atoms with E-state index < -0.39 is 29.7 Å². The van der Waals surface area contributed by atoms with Crippen LogP contribution in [-0.2, 0) is 28.0 Å². The molecule has 2 aromatic heterocycles. The first-order valence-electron chi connectivity index (χ1n) is 20.9. The van der Waals surface area contributed by atoms with Crippen LogP contribution >= 0.6 is 0 Å². The predicted molar refractivity (Wildman–Crippen MR) is 225 cm³/mol. The van der Waals surface area contributed by atoms with Gasteiger partial charge in [0.2, 0.25) is 17.7 Å². The van der Waals surface area contributed by atoms with Crippen LogP contribution in [0.1, 0.15) is 101 Å². The van der Waals surface area contributed by atoms with Crippen molar-refractivity contribution in [2.24, 2.45) is 13.0 Å². The number of imidazole rings is 1. The van der Waals surface area contributed by atoms with E-state index in [1.165, 1.54) is 0 Å². The Bertz CT molecular complexity index is 2470. The Morgan fingerprint density at radius 2 is 1.77 bits per heavy atom. The van der Waals surface area contributed by atoms with Crippen LogP contribution in [0.2, 0.25) is 0 Å². The zero-order valence-electron chi connectivity index (χ0n) is 33.7. The van der Waals surface area contributed by atoms with E-state index in [1.54, 1.807) is 35.1 Å². The Hall–Kier alpha value is -6.42. The second kappa shape index (κ2) is 17.8. The molecule has 2 atom stereocenters. The number of imide groups is 2. The van der Waals surface area contributed by atoms with Crippen molar-refractivity contribution < 1.29 is 28.8 Å². The summed E-state index contributed by atoms with van der Waals surface area (Å²) in [4.78, 5) is 87.4. The maximum Gasteiger partial charge on any atom is 0.264 e. The number of piperidine rings is 1. The smallest absolute Gasteiger partial charge is 0.264 e. The fourth-order valence-corrected chi connectivity index (χ4v) is 8.56. The standard InChI is InChI=1S/C44H50N10O6/c1-52-35-14-11-28(22-29(35)24-47-52)41(57)48-30-12-13-32-34(23-30)50-37(49-32)26-53-21-18-27(25-53)17-20-46-38(55)10-5-3-2-4-6-19-45-33-9-7-8-31-40(33)44(60)54(43(31)59)36-15-16-39(56)51-42(36)58/h7-9,11-14,22-24,27,36,45H,2-6,10,15-21,25-26H2,1H3,(H,46,55)(H,48,57)(H,49,50)(H,51,56,58). The van der Waals surface area contributed by atoms with Gasteiger partial charge in [0.05, 0.1) is 40.4 Å². The first-order chi connectivity index (χ1) is 29.1. The molecule has 8 rings (SSSR count). The number of unbranched alkanes of at least 4 members (excludes halogenated alkanes) is 4. The Morgan fingerprint density at radius 1 is 0.917 bits per heavy atom. The van der Waals surface area contributed by atoms with Crippen molar-refractivity contribution in [1.82, 2.24) is 40.2 Å². The molecule has 0 spiro atoms. The van der Waals surface area contributed by atoms with Crippen LogP contribution in [0.5, 0.6) is 0 Å². The predicted octanol–water partition coefficient (Wildman–Crippen LogP) is 4.88. The summed E-state index contributed by atoms with van der Waals surface area (Å²) in [5, 5.41) is 16.8. The lowest BCUT2D eigenvalue weighted by atomic mass is 10.0. The normalized spacial score (nSPS) is 18.1. The Labute approximate surface area is 346 Å². The van der Waals surface area contributed by atoms with Gasteiger partial charge in [-0.25, -0.2) is 4.98 Å². The molecule has 3 aromatic carbocycles. The van der Waals surface area contributed by atoms with Gasteiger partial charge < -0.3 is 20.9 Å². The number of fused-ring (bicyclic) bond motifs is 3. The number of nitrogens with zero attached hydrogens (tertiary/aromatic N) is 5. The number of aryl methyl sites for hydroxylation is 1. The minimum Gasteiger partial charge on any atom is -0.384 e. The van der Waals surface area contributed by atoms with Gasteiger partial charge in [0.1, 0.15) is 11.9 Å². The van der Waals surface area contributed by atoms with Crippen LogP contribution in [0, 0.1) is 5.92 Å². The third-order valence-electron chi connectivity index (χ3n) is 11.8. The fourth-order valence-electron chi connectivity index (χ4n) is 8.56. The van der Waals surface area contributed by atoms with Crippen LogP contribution in [-0.4, -0.2) is 97.2 Å². The molecule has 3 aliphatic rings. The van der Waals surface area contributed by atoms with E-state index >= 15 is 0 Å². The van der Waals surface area contributed by atoms with Crippen LogP contribution in [0.3, 0.4) is 0 Å². The highest BCUT2D eigenvalue weighted by molar-refractivity contribution is 6.25. The van der Waals surface area contributed by atoms with Gasteiger partial charge in [0.25, 0.3) is 17.7 Å². The highest BCUT2D eigenvalue weighted by Gasteiger charge is 2.45. The highest BCUT2D eigenvalue weighted by atomic mass is 16.2. The molecule has 60 heavy (non-hydrogen) atoms. The number of hydrogen-bond acceptors (Lipinski definition) is 10. The van der Waals surface area contributed by atoms with Crippen LogP contribution in [0.15, 0.2) is 60.8 Å². The molecule has 0 bridgehead atoms. The van der Waals surface area contributed by atoms with E-state index in [1.807, 2.05) is 37.4 Å². The number of benzene rings is 3. The summed E-state index contributed by atoms with van der Waals surface area (Å²) >= 11 is 0. The summed E-state index contributed by atoms with van der Waals surface area (Å²) in [6.45, 7) is 3.91. The number of carbonyl (C=O) groups excluding carboxylic acids is 6. The zero-order chi connectivity index (χ0) is 41.8. The van der Waals surface area contributed by atoms with Crippen molar-refractivity contribution >= 4 is 68.8 Å². The maximum absolute atomic E-state index is 13.3. The van der Waals surface area contributed by atoms with Crippen LogP contribution in [0.4, 0.5) is 11.4 Å². The molecule has 16 heteroatoms. The minimum absolute atomic E-state index is 0.0777. The van der Waals surface area contributed by atoms with E-state index in [-0.39, 0.29) is 35.8 Å². The van der Waals surface area contributed by atoms with Gasteiger partial charge >= 0.3 is 0 Å². The first kappa shape index (κ1) is 40.4. The van der Waals surface area contributed by atoms with Crippen LogP contribution in [0.25, 0.3) is 21.9 Å². The average Bonchev–Trinajstić information content (AvgIpc) is 4.01. The number of amides is 6. The van der Waals surface area contributed by atoms with Crippen molar-refractivity contribution in [3.63, 3.8) is 0 Å². The number of carbonyl (C=O) groups is 6. The molecule has 5 N–H and O–H groups in total. The average molecular weight is 815 g/mol. The van der Waals surface area contributed by atoms with E-state index in [2.05, 4.69) is 36.2 Å². The summed E-state index contributed by atoms with van der Waals surface area (Å²) in [6.07, 6.45) is 9.02. The number of aromatic amines is 1. The number of H-pyrrole nitrogens is 1.